The van der Waals surface area contributed by atoms with Crippen molar-refractivity contribution >= 4 is 17.5 Å². The molecular formula is C19H17ClFN3O. The number of nitrogens with zero attached hydrogens (tertiary/aromatic N) is 2. The van der Waals surface area contributed by atoms with Crippen LogP contribution in [0.5, 0.6) is 0 Å². The van der Waals surface area contributed by atoms with Gasteiger partial charge in [-0.3, -0.25) is 4.79 Å². The van der Waals surface area contributed by atoms with E-state index in [-0.39, 0.29) is 11.7 Å². The summed E-state index contributed by atoms with van der Waals surface area (Å²) in [5.74, 6) is -0.510. The van der Waals surface area contributed by atoms with Crippen LogP contribution in [-0.2, 0) is 6.54 Å². The fourth-order valence-electron chi connectivity index (χ4n) is 2.68. The van der Waals surface area contributed by atoms with Crippen molar-refractivity contribution in [2.45, 2.75) is 20.4 Å². The first-order valence-electron chi connectivity index (χ1n) is 7.80. The molecule has 3 aromatic rings. The lowest BCUT2D eigenvalue weighted by molar-refractivity contribution is 0.0949. The second-order valence-electron chi connectivity index (χ2n) is 5.74. The van der Waals surface area contributed by atoms with Gasteiger partial charge < -0.3 is 5.32 Å². The molecule has 0 atom stereocenters. The third-order valence-electron chi connectivity index (χ3n) is 3.96. The minimum absolute atomic E-state index is 0.196. The van der Waals surface area contributed by atoms with Crippen molar-refractivity contribution in [3.63, 3.8) is 0 Å². The maximum atomic E-state index is 13.1. The third-order valence-corrected chi connectivity index (χ3v) is 4.21. The minimum Gasteiger partial charge on any atom is -0.348 e. The maximum absolute atomic E-state index is 13.1. The number of aromatic nitrogens is 2. The molecule has 1 heterocycles. The summed E-state index contributed by atoms with van der Waals surface area (Å²) in [6.07, 6.45) is 0. The summed E-state index contributed by atoms with van der Waals surface area (Å²) in [7, 11) is 0. The zero-order valence-electron chi connectivity index (χ0n) is 13.9. The molecule has 0 aliphatic carbocycles. The average molecular weight is 358 g/mol. The van der Waals surface area contributed by atoms with Crippen LogP contribution in [0.4, 0.5) is 4.39 Å². The van der Waals surface area contributed by atoms with Crippen LogP contribution in [0.25, 0.3) is 5.69 Å². The fraction of sp³-hybridized carbons (Fsp3) is 0.158. The van der Waals surface area contributed by atoms with Crippen molar-refractivity contribution < 1.29 is 9.18 Å². The molecule has 0 aliphatic rings. The molecule has 0 aliphatic heterocycles. The van der Waals surface area contributed by atoms with E-state index in [0.717, 1.165) is 5.56 Å². The average Bonchev–Trinajstić information content (AvgIpc) is 2.89. The number of rotatable bonds is 4. The molecule has 0 unspecified atom stereocenters. The molecule has 0 fully saturated rings. The standard InChI is InChI=1S/C19H17ClFN3O/c1-12-18(19(25)22-11-14-3-5-15(20)6-4-14)13(2)24(23-12)17-9-7-16(21)8-10-17/h3-10H,11H2,1-2H3,(H,22,25). The zero-order valence-corrected chi connectivity index (χ0v) is 14.6. The van der Waals surface area contributed by atoms with Gasteiger partial charge in [0.1, 0.15) is 5.82 Å². The summed E-state index contributed by atoms with van der Waals surface area (Å²) in [4.78, 5) is 12.6. The predicted molar refractivity (Wildman–Crippen MR) is 95.6 cm³/mol. The Morgan fingerprint density at radius 1 is 1.12 bits per heavy atom. The van der Waals surface area contributed by atoms with Crippen molar-refractivity contribution in [3.05, 3.63) is 81.9 Å². The Morgan fingerprint density at radius 3 is 2.40 bits per heavy atom. The van der Waals surface area contributed by atoms with E-state index < -0.39 is 0 Å². The van der Waals surface area contributed by atoms with Gasteiger partial charge in [0, 0.05) is 11.6 Å². The fourth-order valence-corrected chi connectivity index (χ4v) is 2.80. The highest BCUT2D eigenvalue weighted by Gasteiger charge is 2.19. The van der Waals surface area contributed by atoms with E-state index in [1.165, 1.54) is 12.1 Å². The smallest absolute Gasteiger partial charge is 0.255 e. The molecule has 3 rings (SSSR count). The van der Waals surface area contributed by atoms with E-state index in [9.17, 15) is 9.18 Å². The van der Waals surface area contributed by atoms with Crippen LogP contribution >= 0.6 is 11.6 Å². The summed E-state index contributed by atoms with van der Waals surface area (Å²) < 4.78 is 14.7. The highest BCUT2D eigenvalue weighted by atomic mass is 35.5. The Morgan fingerprint density at radius 2 is 1.76 bits per heavy atom. The Labute approximate surface area is 150 Å². The van der Waals surface area contributed by atoms with E-state index >= 15 is 0 Å². The highest BCUT2D eigenvalue weighted by molar-refractivity contribution is 6.30. The predicted octanol–water partition coefficient (Wildman–Crippen LogP) is 4.21. The number of hydrogen-bond donors (Lipinski definition) is 1. The number of amides is 1. The Kier molecular flexibility index (Phi) is 4.86. The minimum atomic E-state index is -0.314. The van der Waals surface area contributed by atoms with Crippen molar-refractivity contribution in [1.29, 1.82) is 0 Å². The molecule has 0 saturated carbocycles. The van der Waals surface area contributed by atoms with Gasteiger partial charge in [-0.25, -0.2) is 9.07 Å². The summed E-state index contributed by atoms with van der Waals surface area (Å²) >= 11 is 5.86. The Balaban J connectivity index is 1.81. The Hall–Kier alpha value is -2.66. The number of benzene rings is 2. The monoisotopic (exact) mass is 357 g/mol. The molecule has 4 nitrogen and oxygen atoms in total. The Bertz CT molecular complexity index is 902. The van der Waals surface area contributed by atoms with Gasteiger partial charge in [0.2, 0.25) is 0 Å². The first-order valence-corrected chi connectivity index (χ1v) is 8.18. The summed E-state index contributed by atoms with van der Waals surface area (Å²) in [5.41, 5.74) is 3.52. The van der Waals surface area contributed by atoms with E-state index in [2.05, 4.69) is 10.4 Å². The van der Waals surface area contributed by atoms with Crippen LogP contribution in [0.3, 0.4) is 0 Å². The van der Waals surface area contributed by atoms with Crippen LogP contribution in [-0.4, -0.2) is 15.7 Å². The molecular weight excluding hydrogens is 341 g/mol. The lowest BCUT2D eigenvalue weighted by Crippen LogP contribution is -2.24. The molecule has 0 radical (unpaired) electrons. The number of nitrogens with one attached hydrogen (secondary N) is 1. The second kappa shape index (κ2) is 7.07. The lowest BCUT2D eigenvalue weighted by Gasteiger charge is -2.07. The normalized spacial score (nSPS) is 10.7. The first-order chi connectivity index (χ1) is 12.0. The molecule has 0 bridgehead atoms. The summed E-state index contributed by atoms with van der Waals surface area (Å²) in [5, 5.41) is 7.96. The van der Waals surface area contributed by atoms with Gasteiger partial charge in [0.05, 0.1) is 22.6 Å². The van der Waals surface area contributed by atoms with Crippen molar-refractivity contribution in [2.75, 3.05) is 0 Å². The largest absolute Gasteiger partial charge is 0.348 e. The zero-order chi connectivity index (χ0) is 18.0. The molecule has 0 spiro atoms. The molecule has 1 N–H and O–H groups in total. The van der Waals surface area contributed by atoms with Crippen LogP contribution in [0.1, 0.15) is 27.3 Å². The molecule has 128 valence electrons. The van der Waals surface area contributed by atoms with Gasteiger partial charge >= 0.3 is 0 Å². The first kappa shape index (κ1) is 17.2. The third kappa shape index (κ3) is 3.72. The lowest BCUT2D eigenvalue weighted by atomic mass is 10.1. The number of hydrogen-bond acceptors (Lipinski definition) is 2. The molecule has 1 aromatic heterocycles. The van der Waals surface area contributed by atoms with Crippen LogP contribution in [0, 0.1) is 19.7 Å². The molecule has 6 heteroatoms. The van der Waals surface area contributed by atoms with E-state index in [0.29, 0.717) is 34.2 Å². The van der Waals surface area contributed by atoms with Crippen LogP contribution in [0.2, 0.25) is 5.02 Å². The van der Waals surface area contributed by atoms with Gasteiger partial charge in [-0.15, -0.1) is 0 Å². The highest BCUT2D eigenvalue weighted by Crippen LogP contribution is 2.18. The van der Waals surface area contributed by atoms with Gasteiger partial charge in [-0.2, -0.15) is 5.10 Å². The number of carbonyl (C=O) groups is 1. The second-order valence-corrected chi connectivity index (χ2v) is 6.18. The quantitative estimate of drug-likeness (QED) is 0.760. The number of halogens is 2. The van der Waals surface area contributed by atoms with Crippen molar-refractivity contribution in [1.82, 2.24) is 15.1 Å². The van der Waals surface area contributed by atoms with Gasteiger partial charge in [0.15, 0.2) is 0 Å². The van der Waals surface area contributed by atoms with Crippen LogP contribution in [0.15, 0.2) is 48.5 Å². The van der Waals surface area contributed by atoms with Gasteiger partial charge in [-0.05, 0) is 55.8 Å². The molecule has 25 heavy (non-hydrogen) atoms. The number of carbonyl (C=O) groups excluding carboxylic acids is 1. The maximum Gasteiger partial charge on any atom is 0.255 e. The molecule has 0 saturated heterocycles. The van der Waals surface area contributed by atoms with E-state index in [1.807, 2.05) is 19.1 Å². The van der Waals surface area contributed by atoms with Gasteiger partial charge in [-0.1, -0.05) is 23.7 Å². The van der Waals surface area contributed by atoms with Crippen molar-refractivity contribution in [2.24, 2.45) is 0 Å². The SMILES string of the molecule is Cc1nn(-c2ccc(F)cc2)c(C)c1C(=O)NCc1ccc(Cl)cc1. The van der Waals surface area contributed by atoms with Crippen LogP contribution < -0.4 is 5.32 Å². The van der Waals surface area contributed by atoms with E-state index in [4.69, 9.17) is 11.6 Å². The van der Waals surface area contributed by atoms with Crippen molar-refractivity contribution in [3.8, 4) is 5.69 Å². The topological polar surface area (TPSA) is 46.9 Å². The summed E-state index contributed by atoms with van der Waals surface area (Å²) in [6, 6.07) is 13.3. The van der Waals surface area contributed by atoms with E-state index in [1.54, 1.807) is 35.9 Å². The molecule has 2 aromatic carbocycles. The molecule has 1 amide bonds. The number of aryl methyl sites for hydroxylation is 1. The summed E-state index contributed by atoms with van der Waals surface area (Å²) in [6.45, 7) is 4.00. The van der Waals surface area contributed by atoms with Gasteiger partial charge in [0.25, 0.3) is 5.91 Å².